The summed E-state index contributed by atoms with van der Waals surface area (Å²) in [5, 5.41) is 0. The van der Waals surface area contributed by atoms with E-state index in [1.54, 1.807) is 0 Å². The minimum absolute atomic E-state index is 0.182. The van der Waals surface area contributed by atoms with Crippen LogP contribution in [0.25, 0.3) is 0 Å². The molecule has 1 amide bonds. The maximum absolute atomic E-state index is 12.1. The summed E-state index contributed by atoms with van der Waals surface area (Å²) in [7, 11) is 0. The molecule has 2 aliphatic rings. The lowest BCUT2D eigenvalue weighted by Crippen LogP contribution is -2.38. The molecule has 1 aromatic rings. The third kappa shape index (κ3) is 2.75. The number of hydrogen-bond donors (Lipinski definition) is 0. The van der Waals surface area contributed by atoms with Gasteiger partial charge in [-0.1, -0.05) is 43.2 Å². The summed E-state index contributed by atoms with van der Waals surface area (Å²) in [5.41, 5.74) is 1.04. The quantitative estimate of drug-likeness (QED) is 0.808. The zero-order valence-corrected chi connectivity index (χ0v) is 11.1. The van der Waals surface area contributed by atoms with E-state index in [-0.39, 0.29) is 6.09 Å². The van der Waals surface area contributed by atoms with E-state index < -0.39 is 0 Å². The predicted molar refractivity (Wildman–Crippen MR) is 73.1 cm³/mol. The summed E-state index contributed by atoms with van der Waals surface area (Å²) in [6.07, 6.45) is 5.77. The van der Waals surface area contributed by atoms with E-state index in [1.165, 1.54) is 19.3 Å². The van der Waals surface area contributed by atoms with Crippen molar-refractivity contribution in [2.24, 2.45) is 5.92 Å². The standard InChI is InChI=1S/C16H20NO2/c18-16(19-12-13-6-2-1-3-7-13)17-11-10-14-8-4-5-9-15(14)17/h1-3,6-7,11,14-15H,4-5,8-10,12H2/t14-,15-/m0/s1. The third-order valence-corrected chi connectivity index (χ3v) is 4.25. The van der Waals surface area contributed by atoms with Crippen LogP contribution in [0, 0.1) is 12.5 Å². The Hall–Kier alpha value is -1.51. The number of rotatable bonds is 2. The highest BCUT2D eigenvalue weighted by atomic mass is 16.6. The van der Waals surface area contributed by atoms with Crippen molar-refractivity contribution in [2.75, 3.05) is 0 Å². The van der Waals surface area contributed by atoms with Gasteiger partial charge in [-0.15, -0.1) is 0 Å². The monoisotopic (exact) mass is 258 g/mol. The van der Waals surface area contributed by atoms with E-state index in [2.05, 4.69) is 0 Å². The van der Waals surface area contributed by atoms with Crippen LogP contribution in [0.2, 0.25) is 0 Å². The van der Waals surface area contributed by atoms with Crippen molar-refractivity contribution in [1.29, 1.82) is 0 Å². The van der Waals surface area contributed by atoms with Gasteiger partial charge in [0.15, 0.2) is 0 Å². The molecule has 0 unspecified atom stereocenters. The fourth-order valence-electron chi connectivity index (χ4n) is 3.22. The van der Waals surface area contributed by atoms with Gasteiger partial charge in [-0.25, -0.2) is 4.79 Å². The molecule has 0 aromatic heterocycles. The van der Waals surface area contributed by atoms with Crippen molar-refractivity contribution in [2.45, 2.75) is 44.8 Å². The first-order valence-corrected chi connectivity index (χ1v) is 7.17. The molecule has 2 atom stereocenters. The van der Waals surface area contributed by atoms with Crippen molar-refractivity contribution in [1.82, 2.24) is 4.90 Å². The first-order chi connectivity index (χ1) is 9.34. The maximum atomic E-state index is 12.1. The Labute approximate surface area is 114 Å². The van der Waals surface area contributed by atoms with Gasteiger partial charge in [0.1, 0.15) is 6.61 Å². The highest BCUT2D eigenvalue weighted by Crippen LogP contribution is 2.38. The summed E-state index contributed by atoms with van der Waals surface area (Å²) in [5.74, 6) is 0.665. The summed E-state index contributed by atoms with van der Waals surface area (Å²) in [6, 6.07) is 10.2. The van der Waals surface area contributed by atoms with Crippen molar-refractivity contribution < 1.29 is 9.53 Å². The van der Waals surface area contributed by atoms with Gasteiger partial charge in [-0.05, 0) is 30.7 Å². The first kappa shape index (κ1) is 12.5. The van der Waals surface area contributed by atoms with Gasteiger partial charge < -0.3 is 4.74 Å². The Morgan fingerprint density at radius 3 is 2.84 bits per heavy atom. The van der Waals surface area contributed by atoms with E-state index in [0.717, 1.165) is 18.4 Å². The molecule has 1 heterocycles. The SMILES string of the molecule is O=C(OCc1ccccc1)N1[CH]C[C@@H]2CCCC[C@@H]21. The van der Waals surface area contributed by atoms with Crippen LogP contribution in [0.15, 0.2) is 30.3 Å². The van der Waals surface area contributed by atoms with Crippen LogP contribution in [0.4, 0.5) is 4.79 Å². The number of benzene rings is 1. The highest BCUT2D eigenvalue weighted by Gasteiger charge is 2.39. The molecule has 3 nitrogen and oxygen atoms in total. The van der Waals surface area contributed by atoms with Gasteiger partial charge in [0, 0.05) is 6.04 Å². The van der Waals surface area contributed by atoms with Crippen molar-refractivity contribution in [3.63, 3.8) is 0 Å². The second-order valence-electron chi connectivity index (χ2n) is 5.48. The minimum atomic E-state index is -0.182. The Morgan fingerprint density at radius 1 is 1.21 bits per heavy atom. The van der Waals surface area contributed by atoms with Crippen LogP contribution in [0.3, 0.4) is 0 Å². The van der Waals surface area contributed by atoms with Crippen molar-refractivity contribution in [3.8, 4) is 0 Å². The molecule has 0 bridgehead atoms. The molecular weight excluding hydrogens is 238 g/mol. The van der Waals surface area contributed by atoms with Gasteiger partial charge >= 0.3 is 6.09 Å². The molecule has 101 valence electrons. The van der Waals surface area contributed by atoms with Crippen LogP contribution >= 0.6 is 0 Å². The van der Waals surface area contributed by atoms with Gasteiger partial charge in [0.25, 0.3) is 0 Å². The first-order valence-electron chi connectivity index (χ1n) is 7.17. The Bertz CT molecular complexity index is 432. The lowest BCUT2D eigenvalue weighted by Gasteiger charge is -2.30. The molecule has 2 fully saturated rings. The molecule has 1 aliphatic carbocycles. The molecule has 3 rings (SSSR count). The minimum Gasteiger partial charge on any atom is -0.445 e. The summed E-state index contributed by atoms with van der Waals surface area (Å²) < 4.78 is 5.42. The molecule has 1 aromatic carbocycles. The number of carbonyl (C=O) groups is 1. The molecular formula is C16H20NO2. The van der Waals surface area contributed by atoms with Crippen LogP contribution in [0.1, 0.15) is 37.7 Å². The van der Waals surface area contributed by atoms with Crippen molar-refractivity contribution >= 4 is 6.09 Å². The number of nitrogens with zero attached hydrogens (tertiary/aromatic N) is 1. The topological polar surface area (TPSA) is 29.5 Å². The zero-order chi connectivity index (χ0) is 13.1. The van der Waals surface area contributed by atoms with Crippen LogP contribution in [-0.2, 0) is 11.3 Å². The maximum Gasteiger partial charge on any atom is 0.410 e. The average Bonchev–Trinajstić information content (AvgIpc) is 2.90. The molecule has 1 saturated carbocycles. The largest absolute Gasteiger partial charge is 0.445 e. The Kier molecular flexibility index (Phi) is 3.72. The predicted octanol–water partition coefficient (Wildman–Crippen LogP) is 3.75. The van der Waals surface area contributed by atoms with E-state index in [0.29, 0.717) is 18.6 Å². The fourth-order valence-corrected chi connectivity index (χ4v) is 3.22. The average molecular weight is 258 g/mol. The number of hydrogen-bond acceptors (Lipinski definition) is 2. The number of fused-ring (bicyclic) bond motifs is 1. The molecule has 1 aliphatic heterocycles. The molecule has 1 saturated heterocycles. The number of amides is 1. The van der Waals surface area contributed by atoms with Gasteiger partial charge in [0.2, 0.25) is 0 Å². The molecule has 0 spiro atoms. The summed E-state index contributed by atoms with van der Waals surface area (Å²) in [4.78, 5) is 14.0. The second-order valence-corrected chi connectivity index (χ2v) is 5.48. The number of likely N-dealkylation sites (tertiary alicyclic amines) is 1. The van der Waals surface area contributed by atoms with Crippen molar-refractivity contribution in [3.05, 3.63) is 42.4 Å². The van der Waals surface area contributed by atoms with E-state index in [1.807, 2.05) is 41.8 Å². The second kappa shape index (κ2) is 5.64. The smallest absolute Gasteiger partial charge is 0.410 e. The van der Waals surface area contributed by atoms with Gasteiger partial charge in [-0.2, -0.15) is 0 Å². The fraction of sp³-hybridized carbons (Fsp3) is 0.500. The normalized spacial score (nSPS) is 26.0. The van der Waals surface area contributed by atoms with Gasteiger partial charge in [0.05, 0.1) is 6.54 Å². The third-order valence-electron chi connectivity index (χ3n) is 4.25. The molecule has 0 N–H and O–H groups in total. The lowest BCUT2D eigenvalue weighted by molar-refractivity contribution is 0.0890. The van der Waals surface area contributed by atoms with E-state index in [9.17, 15) is 4.79 Å². The molecule has 19 heavy (non-hydrogen) atoms. The number of ether oxygens (including phenoxy) is 1. The Morgan fingerprint density at radius 2 is 2.00 bits per heavy atom. The van der Waals surface area contributed by atoms with Crippen LogP contribution in [-0.4, -0.2) is 17.0 Å². The lowest BCUT2D eigenvalue weighted by atomic mass is 9.85. The van der Waals surface area contributed by atoms with Crippen LogP contribution < -0.4 is 0 Å². The number of carbonyl (C=O) groups excluding carboxylic acids is 1. The highest BCUT2D eigenvalue weighted by molar-refractivity contribution is 5.69. The van der Waals surface area contributed by atoms with Gasteiger partial charge in [-0.3, -0.25) is 4.90 Å². The summed E-state index contributed by atoms with van der Waals surface area (Å²) >= 11 is 0. The van der Waals surface area contributed by atoms with E-state index in [4.69, 9.17) is 4.74 Å². The molecule has 3 heteroatoms. The zero-order valence-electron chi connectivity index (χ0n) is 11.1. The summed E-state index contributed by atoms with van der Waals surface area (Å²) in [6.45, 7) is 2.40. The Balaban J connectivity index is 1.56. The molecule has 1 radical (unpaired) electrons. The van der Waals surface area contributed by atoms with Crippen LogP contribution in [0.5, 0.6) is 0 Å². The van der Waals surface area contributed by atoms with E-state index >= 15 is 0 Å².